The number of nitrogens with one attached hydrogen (secondary N) is 1. The SMILES string of the molecule is C[C@@H](NCc1ccnc(C#N)c1)c1ccccn1. The van der Waals surface area contributed by atoms with E-state index in [1.807, 2.05) is 30.3 Å². The van der Waals surface area contributed by atoms with Gasteiger partial charge in [-0.05, 0) is 36.8 Å². The van der Waals surface area contributed by atoms with Gasteiger partial charge in [-0.2, -0.15) is 5.26 Å². The lowest BCUT2D eigenvalue weighted by Crippen LogP contribution is -2.19. The molecule has 1 N–H and O–H groups in total. The lowest BCUT2D eigenvalue weighted by molar-refractivity contribution is 0.561. The zero-order valence-electron chi connectivity index (χ0n) is 10.2. The summed E-state index contributed by atoms with van der Waals surface area (Å²) >= 11 is 0. The molecule has 2 aromatic heterocycles. The number of aromatic nitrogens is 2. The van der Waals surface area contributed by atoms with Crippen LogP contribution in [0.3, 0.4) is 0 Å². The summed E-state index contributed by atoms with van der Waals surface area (Å²) in [5.74, 6) is 0. The summed E-state index contributed by atoms with van der Waals surface area (Å²) in [5, 5.41) is 12.1. The Balaban J connectivity index is 1.97. The van der Waals surface area contributed by atoms with Crippen molar-refractivity contribution in [2.45, 2.75) is 19.5 Å². The molecule has 90 valence electrons. The van der Waals surface area contributed by atoms with E-state index in [4.69, 9.17) is 5.26 Å². The van der Waals surface area contributed by atoms with Crippen LogP contribution in [0.1, 0.15) is 29.9 Å². The molecule has 0 saturated carbocycles. The van der Waals surface area contributed by atoms with Crippen molar-refractivity contribution in [3.63, 3.8) is 0 Å². The van der Waals surface area contributed by atoms with E-state index < -0.39 is 0 Å². The molecule has 0 aliphatic carbocycles. The lowest BCUT2D eigenvalue weighted by Gasteiger charge is -2.13. The zero-order valence-corrected chi connectivity index (χ0v) is 10.2. The minimum Gasteiger partial charge on any atom is -0.305 e. The van der Waals surface area contributed by atoms with Gasteiger partial charge in [0.2, 0.25) is 0 Å². The van der Waals surface area contributed by atoms with E-state index in [1.54, 1.807) is 18.5 Å². The van der Waals surface area contributed by atoms with Gasteiger partial charge in [0.25, 0.3) is 0 Å². The summed E-state index contributed by atoms with van der Waals surface area (Å²) in [6, 6.07) is 11.8. The van der Waals surface area contributed by atoms with E-state index >= 15 is 0 Å². The van der Waals surface area contributed by atoms with E-state index in [0.29, 0.717) is 12.2 Å². The molecule has 0 aromatic carbocycles. The van der Waals surface area contributed by atoms with Gasteiger partial charge in [0, 0.05) is 25.0 Å². The van der Waals surface area contributed by atoms with Crippen molar-refractivity contribution in [2.75, 3.05) is 0 Å². The van der Waals surface area contributed by atoms with Crippen LogP contribution in [0.25, 0.3) is 0 Å². The Bertz CT molecular complexity index is 545. The van der Waals surface area contributed by atoms with Gasteiger partial charge in [-0.1, -0.05) is 6.07 Å². The first-order valence-electron chi connectivity index (χ1n) is 5.79. The molecule has 0 spiro atoms. The highest BCUT2D eigenvalue weighted by Gasteiger charge is 2.05. The van der Waals surface area contributed by atoms with Crippen LogP contribution >= 0.6 is 0 Å². The second-order valence-electron chi connectivity index (χ2n) is 4.02. The highest BCUT2D eigenvalue weighted by Crippen LogP contribution is 2.09. The molecule has 4 nitrogen and oxygen atoms in total. The van der Waals surface area contributed by atoms with Crippen LogP contribution < -0.4 is 5.32 Å². The van der Waals surface area contributed by atoms with E-state index in [0.717, 1.165) is 11.3 Å². The molecule has 18 heavy (non-hydrogen) atoms. The normalized spacial score (nSPS) is 11.8. The predicted octanol–water partition coefficient (Wildman–Crippen LogP) is 2.20. The van der Waals surface area contributed by atoms with Crippen LogP contribution in [0.15, 0.2) is 42.7 Å². The number of pyridine rings is 2. The largest absolute Gasteiger partial charge is 0.305 e. The number of rotatable bonds is 4. The maximum Gasteiger partial charge on any atom is 0.140 e. The van der Waals surface area contributed by atoms with E-state index in [2.05, 4.69) is 22.2 Å². The van der Waals surface area contributed by atoms with Gasteiger partial charge in [-0.3, -0.25) is 4.98 Å². The summed E-state index contributed by atoms with van der Waals surface area (Å²) in [5.41, 5.74) is 2.50. The van der Waals surface area contributed by atoms with Crippen molar-refractivity contribution in [1.29, 1.82) is 5.26 Å². The van der Waals surface area contributed by atoms with Crippen LogP contribution in [0.4, 0.5) is 0 Å². The Morgan fingerprint density at radius 3 is 2.89 bits per heavy atom. The van der Waals surface area contributed by atoms with Crippen molar-refractivity contribution in [2.24, 2.45) is 0 Å². The van der Waals surface area contributed by atoms with Crippen molar-refractivity contribution in [1.82, 2.24) is 15.3 Å². The van der Waals surface area contributed by atoms with Crippen LogP contribution in [0.2, 0.25) is 0 Å². The van der Waals surface area contributed by atoms with Crippen molar-refractivity contribution >= 4 is 0 Å². The first-order valence-corrected chi connectivity index (χ1v) is 5.79. The van der Waals surface area contributed by atoms with Gasteiger partial charge in [0.15, 0.2) is 0 Å². The third-order valence-electron chi connectivity index (χ3n) is 2.68. The average molecular weight is 238 g/mol. The summed E-state index contributed by atoms with van der Waals surface area (Å²) in [4.78, 5) is 8.24. The summed E-state index contributed by atoms with van der Waals surface area (Å²) < 4.78 is 0. The zero-order chi connectivity index (χ0) is 12.8. The van der Waals surface area contributed by atoms with Gasteiger partial charge in [0.1, 0.15) is 11.8 Å². The van der Waals surface area contributed by atoms with Gasteiger partial charge >= 0.3 is 0 Å². The van der Waals surface area contributed by atoms with Crippen molar-refractivity contribution in [3.05, 3.63) is 59.7 Å². The summed E-state index contributed by atoms with van der Waals surface area (Å²) in [6.45, 7) is 2.75. The molecular formula is C14H14N4. The molecule has 0 saturated heterocycles. The molecule has 0 amide bonds. The molecule has 0 aliphatic rings. The number of hydrogen-bond acceptors (Lipinski definition) is 4. The fourth-order valence-electron chi connectivity index (χ4n) is 1.65. The maximum atomic E-state index is 8.77. The minimum atomic E-state index is 0.171. The molecule has 2 aromatic rings. The molecule has 2 heterocycles. The van der Waals surface area contributed by atoms with Crippen LogP contribution in [-0.4, -0.2) is 9.97 Å². The van der Waals surface area contributed by atoms with Crippen molar-refractivity contribution in [3.8, 4) is 6.07 Å². The van der Waals surface area contributed by atoms with E-state index in [1.165, 1.54) is 0 Å². The number of hydrogen-bond donors (Lipinski definition) is 1. The number of nitriles is 1. The predicted molar refractivity (Wildman–Crippen MR) is 68.4 cm³/mol. The smallest absolute Gasteiger partial charge is 0.140 e. The molecule has 0 unspecified atom stereocenters. The Morgan fingerprint density at radius 2 is 2.17 bits per heavy atom. The standard InChI is InChI=1S/C14H14N4/c1-11(14-4-2-3-6-17-14)18-10-12-5-7-16-13(8-12)9-15/h2-8,11,18H,10H2,1H3/t11-/m1/s1. The molecule has 2 rings (SSSR count). The molecule has 0 radical (unpaired) electrons. The monoisotopic (exact) mass is 238 g/mol. The van der Waals surface area contributed by atoms with Gasteiger partial charge in [-0.25, -0.2) is 4.98 Å². The number of nitrogens with zero attached hydrogens (tertiary/aromatic N) is 3. The first-order chi connectivity index (χ1) is 8.79. The Morgan fingerprint density at radius 1 is 1.28 bits per heavy atom. The lowest BCUT2D eigenvalue weighted by atomic mass is 10.2. The quantitative estimate of drug-likeness (QED) is 0.887. The second-order valence-corrected chi connectivity index (χ2v) is 4.02. The highest BCUT2D eigenvalue weighted by molar-refractivity contribution is 5.25. The van der Waals surface area contributed by atoms with Crippen LogP contribution in [0, 0.1) is 11.3 Å². The fraction of sp³-hybridized carbons (Fsp3) is 0.214. The van der Waals surface area contributed by atoms with Crippen LogP contribution in [-0.2, 0) is 6.54 Å². The Hall–Kier alpha value is -2.25. The Labute approximate surface area is 106 Å². The molecule has 0 fully saturated rings. The topological polar surface area (TPSA) is 61.6 Å². The average Bonchev–Trinajstić information content (AvgIpc) is 2.46. The van der Waals surface area contributed by atoms with Gasteiger partial charge < -0.3 is 5.32 Å². The first kappa shape index (κ1) is 12.2. The molecular weight excluding hydrogens is 224 g/mol. The third kappa shape index (κ3) is 3.12. The molecule has 4 heteroatoms. The third-order valence-corrected chi connectivity index (χ3v) is 2.68. The molecule has 0 aliphatic heterocycles. The Kier molecular flexibility index (Phi) is 4.00. The molecule has 0 bridgehead atoms. The van der Waals surface area contributed by atoms with E-state index in [-0.39, 0.29) is 6.04 Å². The van der Waals surface area contributed by atoms with E-state index in [9.17, 15) is 0 Å². The maximum absolute atomic E-state index is 8.77. The summed E-state index contributed by atoms with van der Waals surface area (Å²) in [6.07, 6.45) is 3.44. The fourth-order valence-corrected chi connectivity index (χ4v) is 1.65. The summed E-state index contributed by atoms with van der Waals surface area (Å²) in [7, 11) is 0. The minimum absolute atomic E-state index is 0.171. The van der Waals surface area contributed by atoms with Crippen molar-refractivity contribution < 1.29 is 0 Å². The second kappa shape index (κ2) is 5.89. The molecule has 1 atom stereocenters. The highest BCUT2D eigenvalue weighted by atomic mass is 14.9. The van der Waals surface area contributed by atoms with Crippen LogP contribution in [0.5, 0.6) is 0 Å². The van der Waals surface area contributed by atoms with Gasteiger partial charge in [-0.15, -0.1) is 0 Å². The van der Waals surface area contributed by atoms with Gasteiger partial charge in [0.05, 0.1) is 5.69 Å².